The molecule has 2 heterocycles. The Labute approximate surface area is 162 Å². The summed E-state index contributed by atoms with van der Waals surface area (Å²) in [5.41, 5.74) is 13.0. The molecule has 0 radical (unpaired) electrons. The van der Waals surface area contributed by atoms with Gasteiger partial charge in [0, 0.05) is 37.4 Å². The minimum atomic E-state index is -0.954. The van der Waals surface area contributed by atoms with Crippen molar-refractivity contribution in [1.29, 1.82) is 0 Å². The molecule has 0 atom stereocenters. The minimum Gasteiger partial charge on any atom is -0.443 e. The predicted octanol–water partition coefficient (Wildman–Crippen LogP) is 1.77. The SMILES string of the molecule is Cc1ccc(N2CCN(c3cccc(COC(=O)N=C(N)N)c3F)CC2)cn1. The zero-order valence-corrected chi connectivity index (χ0v) is 15.6. The number of aryl methyl sites for hydroxylation is 1. The monoisotopic (exact) mass is 386 g/mol. The second-order valence-corrected chi connectivity index (χ2v) is 6.47. The van der Waals surface area contributed by atoms with E-state index in [9.17, 15) is 9.18 Å². The van der Waals surface area contributed by atoms with Crippen LogP contribution in [-0.2, 0) is 11.3 Å². The predicted molar refractivity (Wildman–Crippen MR) is 106 cm³/mol. The molecule has 1 fully saturated rings. The largest absolute Gasteiger partial charge is 0.443 e. The summed E-state index contributed by atoms with van der Waals surface area (Å²) >= 11 is 0. The van der Waals surface area contributed by atoms with Gasteiger partial charge in [0.1, 0.15) is 6.61 Å². The van der Waals surface area contributed by atoms with Crippen molar-refractivity contribution in [3.63, 3.8) is 0 Å². The standard InChI is InChI=1S/C19H23FN6O2/c1-13-5-6-15(11-23-13)25-7-9-26(10-8-25)16-4-2-3-14(17(16)20)12-28-19(27)24-18(21)22/h2-6,11H,7-10,12H2,1H3,(H4,21,22,24,27). The normalized spacial score (nSPS) is 13.9. The zero-order chi connectivity index (χ0) is 20.1. The van der Waals surface area contributed by atoms with Crippen LogP contribution >= 0.6 is 0 Å². The van der Waals surface area contributed by atoms with Gasteiger partial charge >= 0.3 is 6.09 Å². The van der Waals surface area contributed by atoms with Crippen LogP contribution in [0.4, 0.5) is 20.6 Å². The van der Waals surface area contributed by atoms with Crippen molar-refractivity contribution in [1.82, 2.24) is 4.98 Å². The number of piperazine rings is 1. The first-order chi connectivity index (χ1) is 13.4. The van der Waals surface area contributed by atoms with Crippen LogP contribution in [0.3, 0.4) is 0 Å². The van der Waals surface area contributed by atoms with Crippen molar-refractivity contribution in [2.75, 3.05) is 36.0 Å². The van der Waals surface area contributed by atoms with Crippen molar-refractivity contribution in [3.05, 3.63) is 53.6 Å². The summed E-state index contributed by atoms with van der Waals surface area (Å²) in [5, 5.41) is 0. The number of hydrogen-bond donors (Lipinski definition) is 2. The third-order valence-corrected chi connectivity index (χ3v) is 4.51. The van der Waals surface area contributed by atoms with Gasteiger partial charge in [-0.05, 0) is 25.1 Å². The fraction of sp³-hybridized carbons (Fsp3) is 0.316. The number of carbonyl (C=O) groups is 1. The van der Waals surface area contributed by atoms with E-state index in [1.807, 2.05) is 30.2 Å². The molecule has 0 aliphatic carbocycles. The summed E-state index contributed by atoms with van der Waals surface area (Å²) in [6.45, 7) is 4.56. The third kappa shape index (κ3) is 4.67. The maximum atomic E-state index is 14.9. The number of nitrogens with zero attached hydrogens (tertiary/aromatic N) is 4. The number of rotatable bonds is 4. The number of anilines is 2. The van der Waals surface area contributed by atoms with E-state index in [1.165, 1.54) is 0 Å². The fourth-order valence-electron chi connectivity index (χ4n) is 3.05. The van der Waals surface area contributed by atoms with Crippen LogP contribution < -0.4 is 21.3 Å². The number of ether oxygens (including phenoxy) is 1. The van der Waals surface area contributed by atoms with Crippen molar-refractivity contribution >= 4 is 23.4 Å². The van der Waals surface area contributed by atoms with Crippen LogP contribution in [0.5, 0.6) is 0 Å². The van der Waals surface area contributed by atoms with Crippen molar-refractivity contribution in [2.45, 2.75) is 13.5 Å². The number of aromatic nitrogens is 1. The summed E-state index contributed by atoms with van der Waals surface area (Å²) in [7, 11) is 0. The van der Waals surface area contributed by atoms with Gasteiger partial charge in [0.2, 0.25) is 0 Å². The molecule has 28 heavy (non-hydrogen) atoms. The molecular weight excluding hydrogens is 363 g/mol. The molecule has 148 valence electrons. The number of aliphatic imine (C=N–C) groups is 1. The van der Waals surface area contributed by atoms with Crippen LogP contribution in [0.1, 0.15) is 11.3 Å². The van der Waals surface area contributed by atoms with E-state index in [-0.39, 0.29) is 12.2 Å². The smallest absolute Gasteiger partial charge is 0.437 e. The Morgan fingerprint density at radius 2 is 1.89 bits per heavy atom. The first kappa shape index (κ1) is 19.4. The van der Waals surface area contributed by atoms with Crippen LogP contribution in [0.25, 0.3) is 0 Å². The Morgan fingerprint density at radius 3 is 2.54 bits per heavy atom. The average molecular weight is 386 g/mol. The Morgan fingerprint density at radius 1 is 1.18 bits per heavy atom. The number of benzene rings is 1. The van der Waals surface area contributed by atoms with Gasteiger partial charge in [-0.1, -0.05) is 12.1 Å². The highest BCUT2D eigenvalue weighted by Gasteiger charge is 2.21. The fourth-order valence-corrected chi connectivity index (χ4v) is 3.05. The summed E-state index contributed by atoms with van der Waals surface area (Å²) in [4.78, 5) is 23.2. The number of pyridine rings is 1. The molecule has 3 rings (SSSR count). The molecule has 0 spiro atoms. The number of carbonyl (C=O) groups excluding carboxylic acids is 1. The summed E-state index contributed by atoms with van der Waals surface area (Å²) < 4.78 is 19.8. The molecule has 1 aromatic heterocycles. The van der Waals surface area contributed by atoms with Crippen LogP contribution in [0, 0.1) is 12.7 Å². The van der Waals surface area contributed by atoms with Gasteiger partial charge in [0.25, 0.3) is 0 Å². The summed E-state index contributed by atoms with van der Waals surface area (Å²) in [6, 6.07) is 9.05. The first-order valence-corrected chi connectivity index (χ1v) is 8.90. The molecule has 1 aromatic carbocycles. The number of hydrogen-bond acceptors (Lipinski definition) is 5. The van der Waals surface area contributed by atoms with E-state index in [2.05, 4.69) is 14.9 Å². The Balaban J connectivity index is 1.64. The van der Waals surface area contributed by atoms with E-state index in [1.54, 1.807) is 18.2 Å². The maximum Gasteiger partial charge on any atom is 0.437 e. The van der Waals surface area contributed by atoms with E-state index in [0.717, 1.165) is 24.5 Å². The van der Waals surface area contributed by atoms with Crippen molar-refractivity contribution < 1.29 is 13.9 Å². The van der Waals surface area contributed by atoms with E-state index >= 15 is 0 Å². The van der Waals surface area contributed by atoms with E-state index in [0.29, 0.717) is 18.8 Å². The lowest BCUT2D eigenvalue weighted by Crippen LogP contribution is -2.47. The minimum absolute atomic E-state index is 0.246. The van der Waals surface area contributed by atoms with Gasteiger partial charge in [-0.3, -0.25) is 4.98 Å². The lowest BCUT2D eigenvalue weighted by Gasteiger charge is -2.37. The van der Waals surface area contributed by atoms with Crippen LogP contribution in [0.15, 0.2) is 41.5 Å². The molecule has 0 unspecified atom stereocenters. The van der Waals surface area contributed by atoms with Crippen LogP contribution in [-0.4, -0.2) is 43.2 Å². The van der Waals surface area contributed by atoms with Crippen molar-refractivity contribution in [2.24, 2.45) is 16.5 Å². The zero-order valence-electron chi connectivity index (χ0n) is 15.6. The molecule has 0 saturated carbocycles. The summed E-state index contributed by atoms with van der Waals surface area (Å²) in [6.07, 6.45) is 0.905. The van der Waals surface area contributed by atoms with Crippen molar-refractivity contribution in [3.8, 4) is 0 Å². The maximum absolute atomic E-state index is 14.9. The quantitative estimate of drug-likeness (QED) is 0.609. The second kappa shape index (κ2) is 8.55. The molecule has 9 heteroatoms. The second-order valence-electron chi connectivity index (χ2n) is 6.47. The number of guanidine groups is 1. The van der Waals surface area contributed by atoms with E-state index < -0.39 is 17.9 Å². The topological polar surface area (TPSA) is 110 Å². The average Bonchev–Trinajstić information content (AvgIpc) is 2.67. The Hall–Kier alpha value is -3.36. The molecule has 0 bridgehead atoms. The number of amides is 1. The Bertz CT molecular complexity index is 859. The molecule has 1 amide bonds. The molecule has 8 nitrogen and oxygen atoms in total. The summed E-state index contributed by atoms with van der Waals surface area (Å²) in [5.74, 6) is -0.814. The van der Waals surface area contributed by atoms with Gasteiger partial charge in [-0.2, -0.15) is 0 Å². The lowest BCUT2D eigenvalue weighted by molar-refractivity contribution is 0.149. The van der Waals surface area contributed by atoms with Gasteiger partial charge in [0.05, 0.1) is 17.6 Å². The highest BCUT2D eigenvalue weighted by molar-refractivity contribution is 5.87. The highest BCUT2D eigenvalue weighted by Crippen LogP contribution is 2.25. The van der Waals surface area contributed by atoms with Gasteiger partial charge < -0.3 is 26.0 Å². The molecule has 4 N–H and O–H groups in total. The number of halogens is 1. The lowest BCUT2D eigenvalue weighted by atomic mass is 10.1. The van der Waals surface area contributed by atoms with Gasteiger partial charge in [-0.15, -0.1) is 4.99 Å². The number of nitrogens with two attached hydrogens (primary N) is 2. The first-order valence-electron chi connectivity index (χ1n) is 8.90. The molecule has 1 aliphatic heterocycles. The molecule has 1 aliphatic rings. The van der Waals surface area contributed by atoms with Crippen LogP contribution in [0.2, 0.25) is 0 Å². The van der Waals surface area contributed by atoms with E-state index in [4.69, 9.17) is 16.2 Å². The molecule has 1 saturated heterocycles. The van der Waals surface area contributed by atoms with Gasteiger partial charge in [0.15, 0.2) is 11.8 Å². The Kier molecular flexibility index (Phi) is 5.93. The third-order valence-electron chi connectivity index (χ3n) is 4.51. The molecule has 2 aromatic rings. The molecular formula is C19H23FN6O2. The van der Waals surface area contributed by atoms with Gasteiger partial charge in [-0.25, -0.2) is 9.18 Å². The highest BCUT2D eigenvalue weighted by atomic mass is 19.1.